The first-order valence-corrected chi connectivity index (χ1v) is 12.8. The molecule has 5 nitrogen and oxygen atoms in total. The summed E-state index contributed by atoms with van der Waals surface area (Å²) >= 11 is 0. The fraction of sp³-hybridized carbons (Fsp3) is 0.226. The van der Waals surface area contributed by atoms with E-state index in [1.54, 1.807) is 6.92 Å². The maximum absolute atomic E-state index is 12.5. The zero-order valence-electron chi connectivity index (χ0n) is 20.5. The lowest BCUT2D eigenvalue weighted by atomic mass is 9.95. The van der Waals surface area contributed by atoms with Gasteiger partial charge < -0.3 is 15.6 Å². The Hall–Kier alpha value is -4.12. The van der Waals surface area contributed by atoms with Gasteiger partial charge >= 0.3 is 0 Å². The first kappa shape index (κ1) is 22.4. The Balaban J connectivity index is 1.56. The number of carbonyl (C=O) groups is 1. The van der Waals surface area contributed by atoms with Crippen LogP contribution in [-0.4, -0.2) is 21.4 Å². The molecule has 3 aromatic carbocycles. The molecule has 0 amide bonds. The second-order valence-electron chi connectivity index (χ2n) is 9.79. The van der Waals surface area contributed by atoms with Gasteiger partial charge in [-0.3, -0.25) is 4.79 Å². The van der Waals surface area contributed by atoms with Crippen molar-refractivity contribution in [3.63, 3.8) is 0 Å². The van der Waals surface area contributed by atoms with E-state index < -0.39 is 0 Å². The normalized spacial score (nSPS) is 14.4. The predicted molar refractivity (Wildman–Crippen MR) is 149 cm³/mol. The van der Waals surface area contributed by atoms with Crippen LogP contribution >= 0.6 is 0 Å². The van der Waals surface area contributed by atoms with Crippen LogP contribution in [0.4, 0.5) is 11.5 Å². The number of Topliss-reactive ketones (excluding diaryl/α,β-unsaturated/α-hetero) is 1. The Morgan fingerprint density at radius 1 is 0.944 bits per heavy atom. The molecule has 0 saturated heterocycles. The molecule has 2 aromatic heterocycles. The number of nitrogen functional groups attached to an aromatic ring is 1. The lowest BCUT2D eigenvalue weighted by Crippen LogP contribution is -2.23. The lowest BCUT2D eigenvalue weighted by molar-refractivity contribution is 0.101. The van der Waals surface area contributed by atoms with Crippen LogP contribution in [0.3, 0.4) is 0 Å². The molecular weight excluding hydrogens is 444 g/mol. The number of nitrogens with zero attached hydrogens (tertiary/aromatic N) is 2. The van der Waals surface area contributed by atoms with Crippen molar-refractivity contribution >= 4 is 39.1 Å². The van der Waals surface area contributed by atoms with Gasteiger partial charge in [-0.2, -0.15) is 0 Å². The number of benzene rings is 3. The maximum atomic E-state index is 12.5. The Morgan fingerprint density at radius 2 is 1.75 bits per heavy atom. The quantitative estimate of drug-likeness (QED) is 0.261. The number of fused-ring (bicyclic) bond motifs is 3. The van der Waals surface area contributed by atoms with Crippen LogP contribution in [0.2, 0.25) is 0 Å². The molecule has 6 rings (SSSR count). The minimum absolute atomic E-state index is 0.0835. The second-order valence-corrected chi connectivity index (χ2v) is 9.79. The van der Waals surface area contributed by atoms with Gasteiger partial charge in [-0.05, 0) is 67.8 Å². The SMILES string of the molecule is CC(=O)c1ccc(-n2c3ccccc3c3c(-c4ccc(N)nc4)cccc32)cc1NC1CCCCC1. The highest BCUT2D eigenvalue weighted by molar-refractivity contribution is 6.15. The summed E-state index contributed by atoms with van der Waals surface area (Å²) in [5, 5.41) is 6.07. The van der Waals surface area contributed by atoms with Crippen LogP contribution in [0.1, 0.15) is 49.4 Å². The van der Waals surface area contributed by atoms with E-state index in [0.29, 0.717) is 11.9 Å². The van der Waals surface area contributed by atoms with Gasteiger partial charge in [-0.25, -0.2) is 4.98 Å². The Labute approximate surface area is 211 Å². The number of ketones is 1. The van der Waals surface area contributed by atoms with Crippen molar-refractivity contribution in [2.75, 3.05) is 11.1 Å². The van der Waals surface area contributed by atoms with Crippen molar-refractivity contribution in [2.24, 2.45) is 0 Å². The van der Waals surface area contributed by atoms with E-state index in [4.69, 9.17) is 5.73 Å². The van der Waals surface area contributed by atoms with Crippen LogP contribution in [-0.2, 0) is 0 Å². The third kappa shape index (κ3) is 3.91. The van der Waals surface area contributed by atoms with Gasteiger partial charge in [0.15, 0.2) is 5.78 Å². The van der Waals surface area contributed by atoms with Crippen molar-refractivity contribution in [1.29, 1.82) is 0 Å². The summed E-state index contributed by atoms with van der Waals surface area (Å²) in [6.07, 6.45) is 7.91. The van der Waals surface area contributed by atoms with E-state index in [1.165, 1.54) is 30.0 Å². The molecule has 0 aliphatic heterocycles. The number of nitrogens with one attached hydrogen (secondary N) is 1. The van der Waals surface area contributed by atoms with E-state index in [9.17, 15) is 4.79 Å². The van der Waals surface area contributed by atoms with E-state index in [1.807, 2.05) is 24.4 Å². The number of aromatic nitrogens is 2. The number of hydrogen-bond donors (Lipinski definition) is 2. The fourth-order valence-electron chi connectivity index (χ4n) is 5.67. The van der Waals surface area contributed by atoms with E-state index >= 15 is 0 Å². The molecule has 0 spiro atoms. The molecular formula is C31H30N4O. The zero-order chi connectivity index (χ0) is 24.6. The monoisotopic (exact) mass is 474 g/mol. The molecule has 1 aliphatic rings. The largest absolute Gasteiger partial charge is 0.384 e. The Kier molecular flexibility index (Phi) is 5.68. The van der Waals surface area contributed by atoms with Gasteiger partial charge in [0.2, 0.25) is 0 Å². The molecule has 36 heavy (non-hydrogen) atoms. The molecule has 1 aliphatic carbocycles. The van der Waals surface area contributed by atoms with Crippen LogP contribution < -0.4 is 11.1 Å². The van der Waals surface area contributed by atoms with Crippen molar-refractivity contribution < 1.29 is 4.79 Å². The van der Waals surface area contributed by atoms with Crippen LogP contribution in [0, 0.1) is 0 Å². The standard InChI is InChI=1S/C31H30N4O/c1-20(36)24-16-15-23(18-27(24)34-22-8-3-2-4-9-22)35-28-12-6-5-10-26(28)31-25(11-7-13-29(31)35)21-14-17-30(32)33-19-21/h5-7,10-19,22,34H,2-4,8-9H2,1H3,(H2,32,33). The number of carbonyl (C=O) groups excluding carboxylic acids is 1. The number of hydrogen-bond acceptors (Lipinski definition) is 4. The molecule has 5 aromatic rings. The molecule has 0 unspecified atom stereocenters. The summed E-state index contributed by atoms with van der Waals surface area (Å²) < 4.78 is 2.30. The van der Waals surface area contributed by atoms with Crippen molar-refractivity contribution in [3.8, 4) is 16.8 Å². The highest BCUT2D eigenvalue weighted by atomic mass is 16.1. The molecule has 5 heteroatoms. The smallest absolute Gasteiger partial charge is 0.161 e. The summed E-state index contributed by atoms with van der Waals surface area (Å²) in [4.78, 5) is 16.8. The molecule has 180 valence electrons. The topological polar surface area (TPSA) is 72.9 Å². The maximum Gasteiger partial charge on any atom is 0.161 e. The summed E-state index contributed by atoms with van der Waals surface area (Å²) in [6.45, 7) is 1.65. The Morgan fingerprint density at radius 3 is 2.53 bits per heavy atom. The first-order valence-electron chi connectivity index (χ1n) is 12.8. The van der Waals surface area contributed by atoms with Gasteiger partial charge in [-0.15, -0.1) is 0 Å². The molecule has 0 bridgehead atoms. The van der Waals surface area contributed by atoms with E-state index in [0.717, 1.165) is 51.9 Å². The molecule has 2 heterocycles. The van der Waals surface area contributed by atoms with Crippen LogP contribution in [0.5, 0.6) is 0 Å². The van der Waals surface area contributed by atoms with Gasteiger partial charge in [0.05, 0.1) is 11.0 Å². The van der Waals surface area contributed by atoms with E-state index in [-0.39, 0.29) is 5.78 Å². The van der Waals surface area contributed by atoms with Gasteiger partial charge in [0, 0.05) is 45.5 Å². The molecule has 0 atom stereocenters. The fourth-order valence-corrected chi connectivity index (χ4v) is 5.67. The molecule has 1 saturated carbocycles. The predicted octanol–water partition coefficient (Wildman–Crippen LogP) is 7.38. The van der Waals surface area contributed by atoms with Crippen LogP contribution in [0.25, 0.3) is 38.6 Å². The molecule has 3 N–H and O–H groups in total. The highest BCUT2D eigenvalue weighted by Gasteiger charge is 2.19. The summed E-state index contributed by atoms with van der Waals surface area (Å²) in [7, 11) is 0. The summed E-state index contributed by atoms with van der Waals surface area (Å²) in [5.74, 6) is 0.595. The number of para-hydroxylation sites is 1. The number of pyridine rings is 1. The van der Waals surface area contributed by atoms with E-state index in [2.05, 4.69) is 69.5 Å². The van der Waals surface area contributed by atoms with Crippen molar-refractivity contribution in [2.45, 2.75) is 45.1 Å². The first-order chi connectivity index (χ1) is 17.6. The minimum atomic E-state index is 0.0835. The number of nitrogens with two attached hydrogens (primary N) is 1. The summed E-state index contributed by atoms with van der Waals surface area (Å²) in [5.41, 5.74) is 13.0. The van der Waals surface area contributed by atoms with Gasteiger partial charge in [0.25, 0.3) is 0 Å². The van der Waals surface area contributed by atoms with Crippen molar-refractivity contribution in [1.82, 2.24) is 9.55 Å². The van der Waals surface area contributed by atoms with Gasteiger partial charge in [0.1, 0.15) is 5.82 Å². The van der Waals surface area contributed by atoms with Crippen molar-refractivity contribution in [3.05, 3.63) is 84.6 Å². The number of anilines is 2. The minimum Gasteiger partial charge on any atom is -0.384 e. The summed E-state index contributed by atoms with van der Waals surface area (Å²) in [6, 6.07) is 25.3. The Bertz CT molecular complexity index is 1580. The average molecular weight is 475 g/mol. The molecule has 0 radical (unpaired) electrons. The average Bonchev–Trinajstić information content (AvgIpc) is 3.24. The van der Waals surface area contributed by atoms with Crippen LogP contribution in [0.15, 0.2) is 79.0 Å². The van der Waals surface area contributed by atoms with Gasteiger partial charge in [-0.1, -0.05) is 49.6 Å². The third-order valence-corrected chi connectivity index (χ3v) is 7.40. The zero-order valence-corrected chi connectivity index (χ0v) is 20.5. The number of rotatable bonds is 5. The molecule has 1 fully saturated rings. The highest BCUT2D eigenvalue weighted by Crippen LogP contribution is 2.39. The third-order valence-electron chi connectivity index (χ3n) is 7.40. The lowest BCUT2D eigenvalue weighted by Gasteiger charge is -2.25. The second kappa shape index (κ2) is 9.15.